The lowest BCUT2D eigenvalue weighted by atomic mass is 9.41. The molecule has 0 aromatic heterocycles. The molecule has 5 unspecified atom stereocenters. The number of fused-ring (bicyclic) bond motifs is 5. The van der Waals surface area contributed by atoms with Crippen LogP contribution in [-0.2, 0) is 4.79 Å². The van der Waals surface area contributed by atoms with E-state index in [4.69, 9.17) is 0 Å². The highest BCUT2D eigenvalue weighted by molar-refractivity contribution is 5.79. The van der Waals surface area contributed by atoms with Crippen LogP contribution in [0.25, 0.3) is 0 Å². The molecule has 0 aliphatic heterocycles. The lowest BCUT2D eigenvalue weighted by molar-refractivity contribution is -0.194. The van der Waals surface area contributed by atoms with E-state index in [1.54, 1.807) is 0 Å². The number of hydrogen-bond donors (Lipinski definition) is 1. The standard InChI is InChI=1S/C25H42O2/c1-6-15(3)18-8-9-19-22-20(11-13-24(18,19)4)25(5)12-10-16(26)14-21(25)17(7-2)23(22)27/h15,17-23,27H,6-14H2,1-5H3/t15-,17-,18?,19?,20?,21+,22?,23?,24-,25-/m1/s1. The Kier molecular flexibility index (Phi) is 5.06. The number of Topliss-reactive ketones (excluding diaryl/α,β-unsaturated/α-hetero) is 1. The van der Waals surface area contributed by atoms with Gasteiger partial charge < -0.3 is 5.11 Å². The van der Waals surface area contributed by atoms with E-state index < -0.39 is 0 Å². The minimum Gasteiger partial charge on any atom is -0.393 e. The number of rotatable bonds is 3. The summed E-state index contributed by atoms with van der Waals surface area (Å²) in [5.41, 5.74) is 0.692. The van der Waals surface area contributed by atoms with Gasteiger partial charge in [0.05, 0.1) is 6.10 Å². The van der Waals surface area contributed by atoms with Gasteiger partial charge in [0, 0.05) is 12.8 Å². The first-order valence-corrected chi connectivity index (χ1v) is 12.0. The van der Waals surface area contributed by atoms with E-state index in [-0.39, 0.29) is 11.5 Å². The van der Waals surface area contributed by atoms with E-state index >= 15 is 0 Å². The van der Waals surface area contributed by atoms with Crippen LogP contribution < -0.4 is 0 Å². The van der Waals surface area contributed by atoms with E-state index in [1.165, 1.54) is 32.1 Å². The van der Waals surface area contributed by atoms with Crippen LogP contribution in [0.2, 0.25) is 0 Å². The summed E-state index contributed by atoms with van der Waals surface area (Å²) in [6, 6.07) is 0. The Balaban J connectivity index is 1.70. The Morgan fingerprint density at radius 3 is 2.41 bits per heavy atom. The molecule has 0 saturated heterocycles. The summed E-state index contributed by atoms with van der Waals surface area (Å²) >= 11 is 0. The first-order chi connectivity index (χ1) is 12.8. The molecule has 0 aromatic carbocycles. The minimum absolute atomic E-state index is 0.190. The summed E-state index contributed by atoms with van der Waals surface area (Å²) in [6.45, 7) is 12.1. The number of hydrogen-bond acceptors (Lipinski definition) is 2. The van der Waals surface area contributed by atoms with Crippen LogP contribution in [0.3, 0.4) is 0 Å². The van der Waals surface area contributed by atoms with E-state index in [2.05, 4.69) is 34.6 Å². The zero-order chi connectivity index (χ0) is 19.6. The van der Waals surface area contributed by atoms with Gasteiger partial charge in [-0.15, -0.1) is 0 Å². The first-order valence-electron chi connectivity index (χ1n) is 12.0. The van der Waals surface area contributed by atoms with Gasteiger partial charge in [-0.2, -0.15) is 0 Å². The van der Waals surface area contributed by atoms with Crippen molar-refractivity contribution in [3.63, 3.8) is 0 Å². The lowest BCUT2D eigenvalue weighted by Crippen LogP contribution is -2.61. The zero-order valence-corrected chi connectivity index (χ0v) is 18.3. The molecule has 4 aliphatic rings. The molecular weight excluding hydrogens is 332 g/mol. The second kappa shape index (κ2) is 6.85. The maximum atomic E-state index is 12.3. The fourth-order valence-corrected chi connectivity index (χ4v) is 9.03. The van der Waals surface area contributed by atoms with E-state index in [0.717, 1.165) is 37.5 Å². The predicted molar refractivity (Wildman–Crippen MR) is 110 cm³/mol. The zero-order valence-electron chi connectivity index (χ0n) is 18.3. The molecule has 4 rings (SSSR count). The van der Waals surface area contributed by atoms with Crippen molar-refractivity contribution in [3.05, 3.63) is 0 Å². The SMILES string of the molecule is CC[C@@H](C)C1CCC2C3C(O)[C@H](CC)[C@@H]4CC(=O)CC[C@]4(C)C3CC[C@@]21C. The number of ketones is 1. The molecule has 2 heteroatoms. The van der Waals surface area contributed by atoms with Crippen molar-refractivity contribution < 1.29 is 9.90 Å². The average Bonchev–Trinajstić information content (AvgIpc) is 3.00. The minimum atomic E-state index is -0.190. The van der Waals surface area contributed by atoms with Crippen LogP contribution in [0.1, 0.15) is 92.4 Å². The highest BCUT2D eigenvalue weighted by atomic mass is 16.3. The Morgan fingerprint density at radius 1 is 1.04 bits per heavy atom. The fraction of sp³-hybridized carbons (Fsp3) is 0.960. The average molecular weight is 375 g/mol. The van der Waals surface area contributed by atoms with Gasteiger partial charge in [0.1, 0.15) is 5.78 Å². The van der Waals surface area contributed by atoms with Gasteiger partial charge in [-0.3, -0.25) is 4.79 Å². The Morgan fingerprint density at radius 2 is 1.74 bits per heavy atom. The molecule has 4 fully saturated rings. The second-order valence-electron chi connectivity index (χ2n) is 11.3. The highest BCUT2D eigenvalue weighted by Crippen LogP contribution is 2.69. The lowest BCUT2D eigenvalue weighted by Gasteiger charge is -2.64. The maximum absolute atomic E-state index is 12.3. The van der Waals surface area contributed by atoms with Gasteiger partial charge in [-0.1, -0.05) is 47.5 Å². The maximum Gasteiger partial charge on any atom is 0.133 e. The molecule has 154 valence electrons. The summed E-state index contributed by atoms with van der Waals surface area (Å²) in [5.74, 6) is 4.60. The van der Waals surface area contributed by atoms with Crippen LogP contribution in [0.15, 0.2) is 0 Å². The van der Waals surface area contributed by atoms with Crippen molar-refractivity contribution in [2.24, 2.45) is 52.3 Å². The molecule has 0 aromatic rings. The summed E-state index contributed by atoms with van der Waals surface area (Å²) in [5, 5.41) is 11.6. The van der Waals surface area contributed by atoms with E-state index in [9.17, 15) is 9.90 Å². The largest absolute Gasteiger partial charge is 0.393 e. The molecule has 27 heavy (non-hydrogen) atoms. The molecule has 0 amide bonds. The number of carbonyl (C=O) groups excluding carboxylic acids is 1. The number of aliphatic hydroxyl groups is 1. The normalized spacial score (nSPS) is 53.4. The van der Waals surface area contributed by atoms with Crippen molar-refractivity contribution >= 4 is 5.78 Å². The fourth-order valence-electron chi connectivity index (χ4n) is 9.03. The molecule has 2 nitrogen and oxygen atoms in total. The summed E-state index contributed by atoms with van der Waals surface area (Å²) in [7, 11) is 0. The molecule has 0 bridgehead atoms. The molecule has 0 radical (unpaired) electrons. The van der Waals surface area contributed by atoms with Crippen LogP contribution in [-0.4, -0.2) is 17.0 Å². The third-order valence-corrected chi connectivity index (χ3v) is 10.6. The van der Waals surface area contributed by atoms with E-state index in [0.29, 0.717) is 40.8 Å². The topological polar surface area (TPSA) is 37.3 Å². The summed E-state index contributed by atoms with van der Waals surface area (Å²) in [6.07, 6.45) is 9.99. The molecule has 10 atom stereocenters. The summed E-state index contributed by atoms with van der Waals surface area (Å²) < 4.78 is 0. The Bertz CT molecular complexity index is 585. The monoisotopic (exact) mass is 374 g/mol. The van der Waals surface area contributed by atoms with Crippen molar-refractivity contribution in [3.8, 4) is 0 Å². The predicted octanol–water partition coefficient (Wildman–Crippen LogP) is 5.87. The van der Waals surface area contributed by atoms with Crippen LogP contribution >= 0.6 is 0 Å². The highest BCUT2D eigenvalue weighted by Gasteiger charge is 2.64. The number of carbonyl (C=O) groups is 1. The second-order valence-corrected chi connectivity index (χ2v) is 11.3. The van der Waals surface area contributed by atoms with Crippen molar-refractivity contribution in [2.45, 2.75) is 98.5 Å². The van der Waals surface area contributed by atoms with Crippen LogP contribution in [0.4, 0.5) is 0 Å². The van der Waals surface area contributed by atoms with Crippen LogP contribution in [0, 0.1) is 52.3 Å². The Hall–Kier alpha value is -0.370. The van der Waals surface area contributed by atoms with Gasteiger partial charge in [-0.05, 0) is 84.4 Å². The quantitative estimate of drug-likeness (QED) is 0.671. The smallest absolute Gasteiger partial charge is 0.133 e. The van der Waals surface area contributed by atoms with Gasteiger partial charge in [-0.25, -0.2) is 0 Å². The van der Waals surface area contributed by atoms with Crippen molar-refractivity contribution in [1.82, 2.24) is 0 Å². The molecule has 4 saturated carbocycles. The van der Waals surface area contributed by atoms with Crippen molar-refractivity contribution in [1.29, 1.82) is 0 Å². The van der Waals surface area contributed by atoms with Gasteiger partial charge in [0.2, 0.25) is 0 Å². The molecule has 0 spiro atoms. The molecular formula is C25H42O2. The number of aliphatic hydroxyl groups excluding tert-OH is 1. The third kappa shape index (κ3) is 2.71. The Labute approximate surface area is 166 Å². The van der Waals surface area contributed by atoms with Gasteiger partial charge in [0.15, 0.2) is 0 Å². The molecule has 4 aliphatic carbocycles. The molecule has 1 N–H and O–H groups in total. The summed E-state index contributed by atoms with van der Waals surface area (Å²) in [4.78, 5) is 12.3. The molecule has 0 heterocycles. The van der Waals surface area contributed by atoms with Crippen LogP contribution in [0.5, 0.6) is 0 Å². The van der Waals surface area contributed by atoms with E-state index in [1.807, 2.05) is 0 Å². The van der Waals surface area contributed by atoms with Gasteiger partial charge in [0.25, 0.3) is 0 Å². The van der Waals surface area contributed by atoms with Crippen molar-refractivity contribution in [2.75, 3.05) is 0 Å². The third-order valence-electron chi connectivity index (χ3n) is 10.6. The van der Waals surface area contributed by atoms with Gasteiger partial charge >= 0.3 is 0 Å². The first kappa shape index (κ1) is 19.9.